The topological polar surface area (TPSA) is 43.8 Å². The lowest BCUT2D eigenvalue weighted by Gasteiger charge is -2.10. The van der Waals surface area contributed by atoms with Gasteiger partial charge in [-0.2, -0.15) is 13.2 Å². The van der Waals surface area contributed by atoms with Crippen molar-refractivity contribution in [2.75, 3.05) is 5.73 Å². The molecule has 0 fully saturated rings. The molecule has 0 unspecified atom stereocenters. The molecule has 0 radical (unpaired) electrons. The summed E-state index contributed by atoms with van der Waals surface area (Å²) >= 11 is 0. The van der Waals surface area contributed by atoms with E-state index >= 15 is 0 Å². The molecule has 2 N–H and O–H groups in total. The minimum Gasteiger partial charge on any atom is -0.397 e. The number of benzene rings is 1. The van der Waals surface area contributed by atoms with Crippen LogP contribution >= 0.6 is 0 Å². The molecule has 3 nitrogen and oxygen atoms in total. The normalized spacial score (nSPS) is 11.7. The summed E-state index contributed by atoms with van der Waals surface area (Å²) in [6.45, 7) is 0. The minimum atomic E-state index is -4.37. The van der Waals surface area contributed by atoms with Crippen LogP contribution in [0.4, 0.5) is 18.9 Å². The van der Waals surface area contributed by atoms with Gasteiger partial charge in [-0.05, 0) is 18.2 Å². The third kappa shape index (κ3) is 1.86. The van der Waals surface area contributed by atoms with Crippen LogP contribution in [0.1, 0.15) is 5.56 Å². The number of hydrogen-bond acceptors (Lipinski definition) is 2. The molecular weight excluding hydrogens is 219 g/mol. The van der Waals surface area contributed by atoms with Crippen LogP contribution < -0.4 is 5.73 Å². The molecular formula is C10H8F3N3. The molecule has 1 aromatic heterocycles. The van der Waals surface area contributed by atoms with Crippen molar-refractivity contribution in [2.24, 2.45) is 0 Å². The van der Waals surface area contributed by atoms with Gasteiger partial charge in [-0.25, -0.2) is 4.98 Å². The van der Waals surface area contributed by atoms with E-state index in [-0.39, 0.29) is 5.69 Å². The standard InChI is InChI=1S/C10H8F3N3/c11-10(12,13)7-1-2-9(8(14)5-7)16-4-3-15-6-16/h1-6H,14H2. The zero-order chi connectivity index (χ0) is 11.8. The first-order valence-corrected chi connectivity index (χ1v) is 4.43. The van der Waals surface area contributed by atoms with Crippen LogP contribution in [-0.2, 0) is 6.18 Å². The van der Waals surface area contributed by atoms with Crippen LogP contribution in [0, 0.1) is 0 Å². The molecule has 0 saturated heterocycles. The van der Waals surface area contributed by atoms with Gasteiger partial charge in [-0.15, -0.1) is 0 Å². The summed E-state index contributed by atoms with van der Waals surface area (Å²) in [5.41, 5.74) is 5.35. The quantitative estimate of drug-likeness (QED) is 0.760. The lowest BCUT2D eigenvalue weighted by Crippen LogP contribution is -2.07. The Morgan fingerprint density at radius 3 is 2.50 bits per heavy atom. The summed E-state index contributed by atoms with van der Waals surface area (Å²) in [4.78, 5) is 3.80. The van der Waals surface area contributed by atoms with Crippen LogP contribution in [-0.4, -0.2) is 9.55 Å². The molecule has 2 aromatic rings. The van der Waals surface area contributed by atoms with E-state index in [1.165, 1.54) is 18.6 Å². The molecule has 1 heterocycles. The van der Waals surface area contributed by atoms with Crippen molar-refractivity contribution in [1.29, 1.82) is 0 Å². The summed E-state index contributed by atoms with van der Waals surface area (Å²) < 4.78 is 38.7. The Balaban J connectivity index is 2.46. The van der Waals surface area contributed by atoms with Gasteiger partial charge < -0.3 is 10.3 Å². The Labute approximate surface area is 89.3 Å². The highest BCUT2D eigenvalue weighted by atomic mass is 19.4. The largest absolute Gasteiger partial charge is 0.416 e. The second kappa shape index (κ2) is 3.55. The summed E-state index contributed by atoms with van der Waals surface area (Å²) in [5.74, 6) is 0. The van der Waals surface area contributed by atoms with Crippen LogP contribution in [0.25, 0.3) is 5.69 Å². The number of alkyl halides is 3. The fraction of sp³-hybridized carbons (Fsp3) is 0.100. The Morgan fingerprint density at radius 1 is 1.25 bits per heavy atom. The monoisotopic (exact) mass is 227 g/mol. The van der Waals surface area contributed by atoms with Crippen LogP contribution in [0.15, 0.2) is 36.9 Å². The van der Waals surface area contributed by atoms with E-state index in [0.717, 1.165) is 12.1 Å². The highest BCUT2D eigenvalue weighted by Crippen LogP contribution is 2.32. The van der Waals surface area contributed by atoms with Crippen molar-refractivity contribution in [3.8, 4) is 5.69 Å². The zero-order valence-corrected chi connectivity index (χ0v) is 8.07. The molecule has 0 bridgehead atoms. The lowest BCUT2D eigenvalue weighted by atomic mass is 10.1. The fourth-order valence-electron chi connectivity index (χ4n) is 1.37. The smallest absolute Gasteiger partial charge is 0.397 e. The average Bonchev–Trinajstić information content (AvgIpc) is 2.69. The number of rotatable bonds is 1. The van der Waals surface area contributed by atoms with E-state index in [9.17, 15) is 13.2 Å². The van der Waals surface area contributed by atoms with Gasteiger partial charge in [-0.1, -0.05) is 0 Å². The number of anilines is 1. The van der Waals surface area contributed by atoms with Crippen molar-refractivity contribution in [1.82, 2.24) is 9.55 Å². The molecule has 6 heteroatoms. The second-order valence-electron chi connectivity index (χ2n) is 3.24. The molecule has 0 aliphatic heterocycles. The number of halogens is 3. The van der Waals surface area contributed by atoms with Gasteiger partial charge in [-0.3, -0.25) is 0 Å². The molecule has 0 saturated carbocycles. The highest BCUT2D eigenvalue weighted by molar-refractivity contribution is 5.59. The van der Waals surface area contributed by atoms with Crippen molar-refractivity contribution < 1.29 is 13.2 Å². The first kappa shape index (κ1) is 10.5. The van der Waals surface area contributed by atoms with Crippen molar-refractivity contribution in [3.05, 3.63) is 42.5 Å². The third-order valence-electron chi connectivity index (χ3n) is 2.14. The van der Waals surface area contributed by atoms with Crippen molar-refractivity contribution >= 4 is 5.69 Å². The van der Waals surface area contributed by atoms with E-state index in [0.29, 0.717) is 5.69 Å². The predicted octanol–water partition coefficient (Wildman–Crippen LogP) is 2.47. The summed E-state index contributed by atoms with van der Waals surface area (Å²) in [7, 11) is 0. The number of nitrogens with zero attached hydrogens (tertiary/aromatic N) is 2. The predicted molar refractivity (Wildman–Crippen MR) is 53.0 cm³/mol. The number of aromatic nitrogens is 2. The van der Waals surface area contributed by atoms with Gasteiger partial charge in [0.1, 0.15) is 0 Å². The third-order valence-corrected chi connectivity index (χ3v) is 2.14. The minimum absolute atomic E-state index is 0.0628. The van der Waals surface area contributed by atoms with E-state index in [2.05, 4.69) is 4.98 Å². The van der Waals surface area contributed by atoms with Gasteiger partial charge in [0.15, 0.2) is 0 Å². The summed E-state index contributed by atoms with van der Waals surface area (Å²) in [6, 6.07) is 3.22. The molecule has 2 rings (SSSR count). The molecule has 0 atom stereocenters. The first-order valence-electron chi connectivity index (χ1n) is 4.43. The second-order valence-corrected chi connectivity index (χ2v) is 3.24. The maximum atomic E-state index is 12.4. The highest BCUT2D eigenvalue weighted by Gasteiger charge is 2.30. The summed E-state index contributed by atoms with van der Waals surface area (Å²) in [6.07, 6.45) is 0.233. The van der Waals surface area contributed by atoms with E-state index in [1.807, 2.05) is 0 Å². The maximum Gasteiger partial charge on any atom is 0.416 e. The lowest BCUT2D eigenvalue weighted by molar-refractivity contribution is -0.137. The van der Waals surface area contributed by atoms with Gasteiger partial charge in [0.25, 0.3) is 0 Å². The first-order chi connectivity index (χ1) is 7.48. The number of nitrogens with two attached hydrogens (primary N) is 1. The van der Waals surface area contributed by atoms with Gasteiger partial charge in [0.05, 0.1) is 23.3 Å². The fourth-order valence-corrected chi connectivity index (χ4v) is 1.37. The zero-order valence-electron chi connectivity index (χ0n) is 8.07. The average molecular weight is 227 g/mol. The van der Waals surface area contributed by atoms with E-state index in [4.69, 9.17) is 5.73 Å². The molecule has 0 amide bonds. The Bertz CT molecular complexity index is 489. The molecule has 0 aliphatic rings. The van der Waals surface area contributed by atoms with Gasteiger partial charge in [0, 0.05) is 12.4 Å². The Kier molecular flexibility index (Phi) is 2.34. The Hall–Kier alpha value is -1.98. The van der Waals surface area contributed by atoms with Gasteiger partial charge >= 0.3 is 6.18 Å². The maximum absolute atomic E-state index is 12.4. The number of imidazole rings is 1. The van der Waals surface area contributed by atoms with Gasteiger partial charge in [0.2, 0.25) is 0 Å². The Morgan fingerprint density at radius 2 is 2.00 bits per heavy atom. The number of hydrogen-bond donors (Lipinski definition) is 1. The van der Waals surface area contributed by atoms with E-state index in [1.54, 1.807) is 10.8 Å². The van der Waals surface area contributed by atoms with Crippen LogP contribution in [0.3, 0.4) is 0 Å². The molecule has 84 valence electrons. The van der Waals surface area contributed by atoms with Crippen molar-refractivity contribution in [2.45, 2.75) is 6.18 Å². The molecule has 0 spiro atoms. The van der Waals surface area contributed by atoms with Crippen LogP contribution in [0.5, 0.6) is 0 Å². The SMILES string of the molecule is Nc1cc(C(F)(F)F)ccc1-n1ccnc1. The number of nitrogen functional groups attached to an aromatic ring is 1. The van der Waals surface area contributed by atoms with E-state index < -0.39 is 11.7 Å². The van der Waals surface area contributed by atoms with Crippen molar-refractivity contribution in [3.63, 3.8) is 0 Å². The van der Waals surface area contributed by atoms with Crippen LogP contribution in [0.2, 0.25) is 0 Å². The molecule has 0 aliphatic carbocycles. The summed E-state index contributed by atoms with van der Waals surface area (Å²) in [5, 5.41) is 0. The molecule has 16 heavy (non-hydrogen) atoms. The molecule has 1 aromatic carbocycles.